The molecule has 0 radical (unpaired) electrons. The van der Waals surface area contributed by atoms with Crippen molar-refractivity contribution in [3.05, 3.63) is 53.1 Å². The van der Waals surface area contributed by atoms with Crippen molar-refractivity contribution in [1.82, 2.24) is 5.32 Å². The topological polar surface area (TPSA) is 79.8 Å². The Kier molecular flexibility index (Phi) is 6.25. The van der Waals surface area contributed by atoms with Gasteiger partial charge in [-0.1, -0.05) is 12.1 Å². The van der Waals surface area contributed by atoms with E-state index in [2.05, 4.69) is 10.6 Å². The minimum absolute atomic E-state index is 0.0756. The molecular formula is C19H24N2O4. The van der Waals surface area contributed by atoms with Crippen LogP contribution in [0.25, 0.3) is 0 Å². The molecule has 2 aromatic rings. The number of urea groups is 1. The smallest absolute Gasteiger partial charge is 0.319 e. The van der Waals surface area contributed by atoms with Gasteiger partial charge in [-0.2, -0.15) is 0 Å². The van der Waals surface area contributed by atoms with Crippen LogP contribution in [0, 0.1) is 13.8 Å². The van der Waals surface area contributed by atoms with Crippen LogP contribution in [-0.2, 0) is 0 Å². The summed E-state index contributed by atoms with van der Waals surface area (Å²) in [5.41, 5.74) is 3.60. The van der Waals surface area contributed by atoms with E-state index in [1.54, 1.807) is 25.3 Å². The molecule has 6 nitrogen and oxygen atoms in total. The summed E-state index contributed by atoms with van der Waals surface area (Å²) in [6, 6.07) is 10.5. The largest absolute Gasteiger partial charge is 0.493 e. The van der Waals surface area contributed by atoms with Gasteiger partial charge >= 0.3 is 6.03 Å². The lowest BCUT2D eigenvalue weighted by Gasteiger charge is -2.15. The lowest BCUT2D eigenvalue weighted by Crippen LogP contribution is -2.32. The molecule has 2 amide bonds. The molecule has 2 aromatic carbocycles. The molecule has 6 heteroatoms. The molecule has 2 rings (SSSR count). The van der Waals surface area contributed by atoms with Crippen molar-refractivity contribution >= 4 is 11.7 Å². The number of aliphatic hydroxyl groups is 1. The van der Waals surface area contributed by atoms with Crippen molar-refractivity contribution in [2.24, 2.45) is 0 Å². The highest BCUT2D eigenvalue weighted by molar-refractivity contribution is 5.89. The van der Waals surface area contributed by atoms with Gasteiger partial charge in [-0.25, -0.2) is 4.79 Å². The van der Waals surface area contributed by atoms with Gasteiger partial charge in [0.25, 0.3) is 0 Å². The average molecular weight is 344 g/mol. The van der Waals surface area contributed by atoms with Crippen LogP contribution in [0.4, 0.5) is 10.5 Å². The van der Waals surface area contributed by atoms with E-state index in [0.717, 1.165) is 11.1 Å². The summed E-state index contributed by atoms with van der Waals surface area (Å²) < 4.78 is 10.4. The quantitative estimate of drug-likeness (QED) is 0.752. The van der Waals surface area contributed by atoms with Crippen molar-refractivity contribution < 1.29 is 19.4 Å². The van der Waals surface area contributed by atoms with Crippen LogP contribution in [0.3, 0.4) is 0 Å². The zero-order chi connectivity index (χ0) is 18.4. The number of carbonyl (C=O) groups is 1. The predicted molar refractivity (Wildman–Crippen MR) is 97.4 cm³/mol. The fraction of sp³-hybridized carbons (Fsp3) is 0.316. The van der Waals surface area contributed by atoms with Crippen LogP contribution in [0.1, 0.15) is 22.8 Å². The van der Waals surface area contributed by atoms with Crippen LogP contribution in [0.15, 0.2) is 36.4 Å². The zero-order valence-corrected chi connectivity index (χ0v) is 14.9. The third kappa shape index (κ3) is 4.87. The van der Waals surface area contributed by atoms with Crippen molar-refractivity contribution in [2.75, 3.05) is 26.1 Å². The van der Waals surface area contributed by atoms with E-state index in [1.807, 2.05) is 32.0 Å². The molecule has 0 bridgehead atoms. The molecular weight excluding hydrogens is 320 g/mol. The molecule has 25 heavy (non-hydrogen) atoms. The number of methoxy groups -OCH3 is 2. The molecule has 0 fully saturated rings. The van der Waals surface area contributed by atoms with E-state index in [1.165, 1.54) is 7.11 Å². The van der Waals surface area contributed by atoms with Gasteiger partial charge in [0.05, 0.1) is 20.3 Å². The lowest BCUT2D eigenvalue weighted by atomic mass is 10.1. The molecule has 0 saturated heterocycles. The summed E-state index contributed by atoms with van der Waals surface area (Å²) in [7, 11) is 3.08. The van der Waals surface area contributed by atoms with Gasteiger partial charge in [-0.15, -0.1) is 0 Å². The van der Waals surface area contributed by atoms with E-state index in [-0.39, 0.29) is 12.6 Å². The van der Waals surface area contributed by atoms with E-state index in [0.29, 0.717) is 22.7 Å². The van der Waals surface area contributed by atoms with Gasteiger partial charge in [0.2, 0.25) is 0 Å². The Hall–Kier alpha value is -2.73. The SMILES string of the molecule is COc1ccc([C@@H](O)CNC(=O)Nc2ccc(C)c(C)c2)cc1OC. The van der Waals surface area contributed by atoms with Crippen LogP contribution in [-0.4, -0.2) is 31.9 Å². The maximum atomic E-state index is 12.0. The molecule has 0 heterocycles. The lowest BCUT2D eigenvalue weighted by molar-refractivity contribution is 0.174. The number of amides is 2. The fourth-order valence-corrected chi connectivity index (χ4v) is 2.36. The Balaban J connectivity index is 1.93. The maximum absolute atomic E-state index is 12.0. The highest BCUT2D eigenvalue weighted by atomic mass is 16.5. The van der Waals surface area contributed by atoms with Crippen molar-refractivity contribution in [3.63, 3.8) is 0 Å². The molecule has 1 atom stereocenters. The van der Waals surface area contributed by atoms with Gasteiger partial charge in [-0.3, -0.25) is 0 Å². The van der Waals surface area contributed by atoms with Gasteiger partial charge < -0.3 is 25.2 Å². The third-order valence-corrected chi connectivity index (χ3v) is 4.01. The summed E-state index contributed by atoms with van der Waals surface area (Å²) in [5.74, 6) is 1.11. The number of hydrogen-bond acceptors (Lipinski definition) is 4. The summed E-state index contributed by atoms with van der Waals surface area (Å²) >= 11 is 0. The second kappa shape index (κ2) is 8.39. The average Bonchev–Trinajstić information content (AvgIpc) is 2.62. The van der Waals surface area contributed by atoms with Gasteiger partial charge in [0, 0.05) is 12.2 Å². The normalized spacial score (nSPS) is 11.6. The summed E-state index contributed by atoms with van der Waals surface area (Å²) in [5, 5.41) is 15.7. The maximum Gasteiger partial charge on any atom is 0.319 e. The van der Waals surface area contributed by atoms with Crippen LogP contribution >= 0.6 is 0 Å². The number of hydrogen-bond donors (Lipinski definition) is 3. The highest BCUT2D eigenvalue weighted by Crippen LogP contribution is 2.29. The second-order valence-electron chi connectivity index (χ2n) is 5.76. The standard InChI is InChI=1S/C19H24N2O4/c1-12-5-7-15(9-13(12)2)21-19(23)20-11-16(22)14-6-8-17(24-3)18(10-14)25-4/h5-10,16,22H,11H2,1-4H3,(H2,20,21,23)/t16-/m0/s1. The number of benzene rings is 2. The highest BCUT2D eigenvalue weighted by Gasteiger charge is 2.13. The Morgan fingerprint density at radius 2 is 1.76 bits per heavy atom. The molecule has 0 aliphatic carbocycles. The van der Waals surface area contributed by atoms with Crippen LogP contribution in [0.5, 0.6) is 11.5 Å². The number of nitrogens with one attached hydrogen (secondary N) is 2. The van der Waals surface area contributed by atoms with Gasteiger partial charge in [0.15, 0.2) is 11.5 Å². The molecule has 0 aliphatic rings. The number of ether oxygens (including phenoxy) is 2. The number of anilines is 1. The van der Waals surface area contributed by atoms with E-state index in [9.17, 15) is 9.90 Å². The van der Waals surface area contributed by atoms with Gasteiger partial charge in [0.1, 0.15) is 0 Å². The Morgan fingerprint density at radius 1 is 1.04 bits per heavy atom. The molecule has 0 aliphatic heterocycles. The first kappa shape index (κ1) is 18.6. The first-order valence-electron chi connectivity index (χ1n) is 7.96. The third-order valence-electron chi connectivity index (χ3n) is 4.01. The number of rotatable bonds is 6. The number of aliphatic hydroxyl groups excluding tert-OH is 1. The number of carbonyl (C=O) groups excluding carboxylic acids is 1. The first-order chi connectivity index (χ1) is 11.9. The van der Waals surface area contributed by atoms with E-state index in [4.69, 9.17) is 9.47 Å². The minimum Gasteiger partial charge on any atom is -0.493 e. The minimum atomic E-state index is -0.856. The molecule has 0 saturated carbocycles. The molecule has 0 unspecified atom stereocenters. The predicted octanol–water partition coefficient (Wildman–Crippen LogP) is 3.18. The van der Waals surface area contributed by atoms with E-state index < -0.39 is 6.10 Å². The second-order valence-corrected chi connectivity index (χ2v) is 5.76. The van der Waals surface area contributed by atoms with Gasteiger partial charge in [-0.05, 0) is 54.8 Å². The van der Waals surface area contributed by atoms with Crippen molar-refractivity contribution in [1.29, 1.82) is 0 Å². The number of aryl methyl sites for hydroxylation is 2. The monoisotopic (exact) mass is 344 g/mol. The van der Waals surface area contributed by atoms with Crippen molar-refractivity contribution in [3.8, 4) is 11.5 Å². The summed E-state index contributed by atoms with van der Waals surface area (Å²) in [6.07, 6.45) is -0.856. The zero-order valence-electron chi connectivity index (χ0n) is 14.9. The summed E-state index contributed by atoms with van der Waals surface area (Å²) in [6.45, 7) is 4.07. The fourth-order valence-electron chi connectivity index (χ4n) is 2.36. The molecule has 0 spiro atoms. The first-order valence-corrected chi connectivity index (χ1v) is 7.96. The van der Waals surface area contributed by atoms with Crippen LogP contribution in [0.2, 0.25) is 0 Å². The van der Waals surface area contributed by atoms with Crippen molar-refractivity contribution in [2.45, 2.75) is 20.0 Å². The summed E-state index contributed by atoms with van der Waals surface area (Å²) in [4.78, 5) is 12.0. The van der Waals surface area contributed by atoms with E-state index >= 15 is 0 Å². The molecule has 0 aromatic heterocycles. The van der Waals surface area contributed by atoms with Crippen LogP contribution < -0.4 is 20.1 Å². The Morgan fingerprint density at radius 3 is 2.40 bits per heavy atom. The Labute approximate surface area is 147 Å². The Bertz CT molecular complexity index is 746. The molecule has 3 N–H and O–H groups in total. The molecule has 134 valence electrons.